The Labute approximate surface area is 41.7 Å². The van der Waals surface area contributed by atoms with Crippen LogP contribution in [0.3, 0.4) is 0 Å². The highest BCUT2D eigenvalue weighted by molar-refractivity contribution is 5.52. The normalized spacial score (nSPS) is 7.43. The third-order valence-corrected chi connectivity index (χ3v) is 0.459. The number of rotatable bonds is 4. The van der Waals surface area contributed by atoms with Crippen molar-refractivity contribution in [1.82, 2.24) is 5.32 Å². The minimum Gasteiger partial charge on any atom is -0.347 e. The molecule has 0 aliphatic heterocycles. The largest absolute Gasteiger partial charge is 0.347 e. The van der Waals surface area contributed by atoms with Crippen molar-refractivity contribution in [1.29, 1.82) is 0 Å². The third-order valence-electron chi connectivity index (χ3n) is 0.459. The Morgan fingerprint density at radius 2 is 2.43 bits per heavy atom. The number of amides is 1. The van der Waals surface area contributed by atoms with Crippen LogP contribution in [0.25, 0.3) is 0 Å². The molecule has 3 nitrogen and oxygen atoms in total. The predicted octanol–water partition coefficient (Wildman–Crippen LogP) is -0.768. The number of aldehydes is 1. The lowest BCUT2D eigenvalue weighted by Crippen LogP contribution is -2.11. The van der Waals surface area contributed by atoms with E-state index in [1.54, 1.807) is 0 Å². The van der Waals surface area contributed by atoms with Crippen LogP contribution in [0.4, 0.5) is 0 Å². The van der Waals surface area contributed by atoms with Crippen molar-refractivity contribution in [3.8, 4) is 0 Å². The van der Waals surface area contributed by atoms with E-state index in [0.717, 1.165) is 6.29 Å². The lowest BCUT2D eigenvalue weighted by atomic mass is 10.5. The second-order valence-corrected chi connectivity index (χ2v) is 0.984. The number of nitrogens with one attached hydrogen (secondary N) is 1. The molecule has 0 rings (SSSR count). The topological polar surface area (TPSA) is 46.2 Å². The van der Waals surface area contributed by atoms with Gasteiger partial charge in [0.05, 0.1) is 0 Å². The summed E-state index contributed by atoms with van der Waals surface area (Å²) in [5, 5.41) is 2.21. The molecule has 0 aromatic heterocycles. The maximum absolute atomic E-state index is 9.51. The maximum Gasteiger partial charge on any atom is 0.309 e. The molecule has 0 aromatic rings. The molecule has 7 heavy (non-hydrogen) atoms. The van der Waals surface area contributed by atoms with Crippen LogP contribution in [0, 0.1) is 0 Å². The van der Waals surface area contributed by atoms with Gasteiger partial charge in [0.1, 0.15) is 6.29 Å². The Kier molecular flexibility index (Phi) is 4.51. The smallest absolute Gasteiger partial charge is 0.309 e. The summed E-state index contributed by atoms with van der Waals surface area (Å²) in [5.41, 5.74) is 0. The summed E-state index contributed by atoms with van der Waals surface area (Å²) in [5.74, 6) is 0. The molecular formula is C4H6NO2. The van der Waals surface area contributed by atoms with Gasteiger partial charge in [-0.1, -0.05) is 0 Å². The Morgan fingerprint density at radius 3 is 2.86 bits per heavy atom. The van der Waals surface area contributed by atoms with Crippen LogP contribution in [0.5, 0.6) is 0 Å². The van der Waals surface area contributed by atoms with Gasteiger partial charge in [0.15, 0.2) is 0 Å². The zero-order valence-electron chi connectivity index (χ0n) is 3.81. The molecule has 0 heterocycles. The lowest BCUT2D eigenvalue weighted by Gasteiger charge is -1.84. The van der Waals surface area contributed by atoms with Crippen molar-refractivity contribution in [3.63, 3.8) is 0 Å². The standard InChI is InChI=1S/C4H6NO2/c6-3-1-2-5-4-7/h3H,1-2H2,(H,5,7). The molecule has 1 radical (unpaired) electrons. The van der Waals surface area contributed by atoms with Crippen molar-refractivity contribution in [2.75, 3.05) is 6.54 Å². The molecule has 0 saturated heterocycles. The van der Waals surface area contributed by atoms with Gasteiger partial charge < -0.3 is 10.1 Å². The van der Waals surface area contributed by atoms with Crippen LogP contribution in [-0.4, -0.2) is 19.2 Å². The predicted molar refractivity (Wildman–Crippen MR) is 24.4 cm³/mol. The lowest BCUT2D eigenvalue weighted by molar-refractivity contribution is -0.107. The maximum atomic E-state index is 9.51. The first kappa shape index (κ1) is 6.14. The fourth-order valence-electron chi connectivity index (χ4n) is 0.182. The zero-order chi connectivity index (χ0) is 5.54. The quantitative estimate of drug-likeness (QED) is 0.286. The van der Waals surface area contributed by atoms with Crippen LogP contribution in [0.15, 0.2) is 0 Å². The highest BCUT2D eigenvalue weighted by Gasteiger charge is 1.77. The van der Waals surface area contributed by atoms with Gasteiger partial charge in [-0.25, -0.2) is 0 Å². The summed E-state index contributed by atoms with van der Waals surface area (Å²) in [6.07, 6.45) is 2.55. The number of carbonyl (C=O) groups excluding carboxylic acids is 2. The van der Waals surface area contributed by atoms with E-state index in [4.69, 9.17) is 0 Å². The van der Waals surface area contributed by atoms with Gasteiger partial charge in [-0.05, 0) is 0 Å². The van der Waals surface area contributed by atoms with Gasteiger partial charge in [0.25, 0.3) is 0 Å². The molecule has 0 saturated carbocycles. The van der Waals surface area contributed by atoms with E-state index in [1.165, 1.54) is 6.41 Å². The monoisotopic (exact) mass is 100 g/mol. The Morgan fingerprint density at radius 1 is 1.71 bits per heavy atom. The van der Waals surface area contributed by atoms with Gasteiger partial charge in [0, 0.05) is 13.0 Å². The molecule has 1 amide bonds. The van der Waals surface area contributed by atoms with Crippen LogP contribution < -0.4 is 5.32 Å². The summed E-state index contributed by atoms with van der Waals surface area (Å²) in [7, 11) is 0. The average molecular weight is 100 g/mol. The van der Waals surface area contributed by atoms with E-state index >= 15 is 0 Å². The molecule has 1 N–H and O–H groups in total. The van der Waals surface area contributed by atoms with Crippen molar-refractivity contribution >= 4 is 12.7 Å². The van der Waals surface area contributed by atoms with Crippen molar-refractivity contribution < 1.29 is 9.59 Å². The first-order chi connectivity index (χ1) is 3.41. The van der Waals surface area contributed by atoms with E-state index in [2.05, 4.69) is 5.32 Å². The van der Waals surface area contributed by atoms with Crippen molar-refractivity contribution in [2.45, 2.75) is 6.42 Å². The summed E-state index contributed by atoms with van der Waals surface area (Å²) in [6, 6.07) is 0. The van der Waals surface area contributed by atoms with Crippen molar-refractivity contribution in [2.24, 2.45) is 0 Å². The Bertz CT molecular complexity index is 54.7. The van der Waals surface area contributed by atoms with Gasteiger partial charge in [0.2, 0.25) is 0 Å². The fourth-order valence-corrected chi connectivity index (χ4v) is 0.182. The van der Waals surface area contributed by atoms with Crippen LogP contribution >= 0.6 is 0 Å². The zero-order valence-corrected chi connectivity index (χ0v) is 3.81. The first-order valence-electron chi connectivity index (χ1n) is 1.95. The molecule has 0 atom stereocenters. The van der Waals surface area contributed by atoms with Gasteiger partial charge in [-0.15, -0.1) is 0 Å². The first-order valence-corrected chi connectivity index (χ1v) is 1.95. The van der Waals surface area contributed by atoms with Crippen LogP contribution in [0.1, 0.15) is 6.42 Å². The molecule has 39 valence electrons. The third kappa shape index (κ3) is 5.14. The Hall–Kier alpha value is -0.860. The summed E-state index contributed by atoms with van der Waals surface area (Å²) in [4.78, 5) is 18.8. The molecule has 0 spiro atoms. The second kappa shape index (κ2) is 5.14. The van der Waals surface area contributed by atoms with Crippen LogP contribution in [0.2, 0.25) is 0 Å². The SMILES string of the molecule is O=[C]NCCC=O. The molecule has 3 heteroatoms. The number of carbonyl (C=O) groups is 1. The van der Waals surface area contributed by atoms with Gasteiger partial charge >= 0.3 is 6.41 Å². The molecule has 0 fully saturated rings. The highest BCUT2D eigenvalue weighted by atomic mass is 16.1. The molecule has 0 aliphatic carbocycles. The number of hydrogen-bond acceptors (Lipinski definition) is 2. The minimum atomic E-state index is 0.370. The van der Waals surface area contributed by atoms with E-state index in [1.807, 2.05) is 0 Å². The van der Waals surface area contributed by atoms with E-state index in [-0.39, 0.29) is 0 Å². The second-order valence-electron chi connectivity index (χ2n) is 0.984. The fraction of sp³-hybridized carbons (Fsp3) is 0.500. The molecule has 0 unspecified atom stereocenters. The summed E-state index contributed by atoms with van der Waals surface area (Å²) < 4.78 is 0. The van der Waals surface area contributed by atoms with Crippen molar-refractivity contribution in [3.05, 3.63) is 0 Å². The number of hydrogen-bond donors (Lipinski definition) is 1. The molecular weight excluding hydrogens is 94.0 g/mol. The minimum absolute atomic E-state index is 0.370. The van der Waals surface area contributed by atoms with E-state index in [0.29, 0.717) is 13.0 Å². The van der Waals surface area contributed by atoms with Gasteiger partial charge in [-0.3, -0.25) is 4.79 Å². The Balaban J connectivity index is 2.68. The molecule has 0 bridgehead atoms. The van der Waals surface area contributed by atoms with E-state index < -0.39 is 0 Å². The average Bonchev–Trinajstić information content (AvgIpc) is 1.69. The highest BCUT2D eigenvalue weighted by Crippen LogP contribution is 1.60. The van der Waals surface area contributed by atoms with Gasteiger partial charge in [-0.2, -0.15) is 0 Å². The van der Waals surface area contributed by atoms with Crippen LogP contribution in [-0.2, 0) is 9.59 Å². The summed E-state index contributed by atoms with van der Waals surface area (Å²) >= 11 is 0. The van der Waals surface area contributed by atoms with E-state index in [9.17, 15) is 9.59 Å². The summed E-state index contributed by atoms with van der Waals surface area (Å²) in [6.45, 7) is 0.396. The molecule has 0 aromatic carbocycles. The molecule has 0 aliphatic rings.